The van der Waals surface area contributed by atoms with Crippen molar-refractivity contribution in [2.45, 2.75) is 32.7 Å². The van der Waals surface area contributed by atoms with Crippen LogP contribution in [0.1, 0.15) is 38.3 Å². The minimum Gasteiger partial charge on any atom is -0.376 e. The summed E-state index contributed by atoms with van der Waals surface area (Å²) in [6.07, 6.45) is 1.28. The largest absolute Gasteiger partial charge is 0.376 e. The second-order valence-corrected chi connectivity index (χ2v) is 5.77. The first-order valence-electron chi connectivity index (χ1n) is 8.60. The van der Waals surface area contributed by atoms with Crippen LogP contribution in [0.5, 0.6) is 0 Å². The van der Waals surface area contributed by atoms with Gasteiger partial charge in [0.15, 0.2) is 0 Å². The van der Waals surface area contributed by atoms with Crippen LogP contribution in [0.25, 0.3) is 0 Å². The molecule has 132 valence electrons. The van der Waals surface area contributed by atoms with Crippen LogP contribution >= 0.6 is 0 Å². The van der Waals surface area contributed by atoms with Gasteiger partial charge >= 0.3 is 0 Å². The van der Waals surface area contributed by atoms with Crippen LogP contribution < -0.4 is 16.0 Å². The maximum absolute atomic E-state index is 12.2. The van der Waals surface area contributed by atoms with Gasteiger partial charge in [-0.1, -0.05) is 44.2 Å². The Balaban J connectivity index is 1.84. The van der Waals surface area contributed by atoms with Gasteiger partial charge in [0, 0.05) is 17.8 Å². The number of hydrogen-bond acceptors (Lipinski definition) is 3. The van der Waals surface area contributed by atoms with Crippen LogP contribution in [0.15, 0.2) is 54.6 Å². The highest BCUT2D eigenvalue weighted by atomic mass is 16.2. The summed E-state index contributed by atoms with van der Waals surface area (Å²) < 4.78 is 0. The minimum atomic E-state index is -0.0564. The lowest BCUT2D eigenvalue weighted by Crippen LogP contribution is -2.33. The number of carbonyl (C=O) groups is 2. The molecule has 0 heterocycles. The zero-order valence-corrected chi connectivity index (χ0v) is 14.7. The van der Waals surface area contributed by atoms with Gasteiger partial charge < -0.3 is 16.0 Å². The Morgan fingerprint density at radius 3 is 2.12 bits per heavy atom. The van der Waals surface area contributed by atoms with Gasteiger partial charge in [0.2, 0.25) is 11.8 Å². The average molecular weight is 339 g/mol. The van der Waals surface area contributed by atoms with Crippen LogP contribution in [0, 0.1) is 0 Å². The maximum atomic E-state index is 12.2. The Morgan fingerprint density at radius 2 is 1.52 bits per heavy atom. The van der Waals surface area contributed by atoms with Crippen LogP contribution in [0.2, 0.25) is 0 Å². The first kappa shape index (κ1) is 18.5. The van der Waals surface area contributed by atoms with E-state index in [0.29, 0.717) is 6.42 Å². The summed E-state index contributed by atoms with van der Waals surface area (Å²) in [5, 5.41) is 8.92. The van der Waals surface area contributed by atoms with E-state index in [1.54, 1.807) is 0 Å². The third kappa shape index (κ3) is 5.95. The van der Waals surface area contributed by atoms with Crippen molar-refractivity contribution < 1.29 is 9.59 Å². The topological polar surface area (TPSA) is 70.2 Å². The highest BCUT2D eigenvalue weighted by Gasteiger charge is 2.12. The van der Waals surface area contributed by atoms with Crippen molar-refractivity contribution in [3.05, 3.63) is 60.2 Å². The fourth-order valence-corrected chi connectivity index (χ4v) is 2.45. The highest BCUT2D eigenvalue weighted by molar-refractivity contribution is 5.90. The predicted molar refractivity (Wildman–Crippen MR) is 101 cm³/mol. The lowest BCUT2D eigenvalue weighted by Gasteiger charge is -2.18. The van der Waals surface area contributed by atoms with Crippen LogP contribution in [0.3, 0.4) is 0 Å². The summed E-state index contributed by atoms with van der Waals surface area (Å²) in [6.45, 7) is 4.06. The molecular formula is C20H25N3O2. The van der Waals surface area contributed by atoms with E-state index in [1.807, 2.05) is 61.5 Å². The molecule has 1 atom stereocenters. The molecule has 0 aliphatic heterocycles. The summed E-state index contributed by atoms with van der Waals surface area (Å²) in [7, 11) is 0. The molecule has 0 aliphatic carbocycles. The molecule has 0 spiro atoms. The lowest BCUT2D eigenvalue weighted by molar-refractivity contribution is -0.120. The zero-order valence-electron chi connectivity index (χ0n) is 14.7. The van der Waals surface area contributed by atoms with E-state index in [9.17, 15) is 9.59 Å². The SMILES string of the molecule is CCC(=O)Nc1ccc(NCC(=O)NC(CC)c2ccccc2)cc1. The molecule has 0 saturated carbocycles. The third-order valence-corrected chi connectivity index (χ3v) is 3.89. The number of benzene rings is 2. The summed E-state index contributed by atoms with van der Waals surface area (Å²) in [5.41, 5.74) is 2.68. The Hall–Kier alpha value is -2.82. The van der Waals surface area contributed by atoms with Crippen molar-refractivity contribution in [3.8, 4) is 0 Å². The van der Waals surface area contributed by atoms with E-state index >= 15 is 0 Å². The molecule has 5 nitrogen and oxygen atoms in total. The lowest BCUT2D eigenvalue weighted by atomic mass is 10.0. The molecule has 0 radical (unpaired) electrons. The van der Waals surface area contributed by atoms with Gasteiger partial charge in [-0.3, -0.25) is 9.59 Å². The van der Waals surface area contributed by atoms with Gasteiger partial charge in [0.1, 0.15) is 0 Å². The molecule has 0 fully saturated rings. The predicted octanol–water partition coefficient (Wildman–Crippen LogP) is 3.71. The summed E-state index contributed by atoms with van der Waals surface area (Å²) in [5.74, 6) is -0.0781. The number of nitrogens with one attached hydrogen (secondary N) is 3. The van der Waals surface area contributed by atoms with Crippen molar-refractivity contribution in [1.82, 2.24) is 5.32 Å². The monoisotopic (exact) mass is 339 g/mol. The number of rotatable bonds is 8. The Bertz CT molecular complexity index is 684. The van der Waals surface area contributed by atoms with Gasteiger partial charge in [-0.05, 0) is 36.2 Å². The molecule has 25 heavy (non-hydrogen) atoms. The first-order chi connectivity index (χ1) is 12.1. The smallest absolute Gasteiger partial charge is 0.239 e. The van der Waals surface area contributed by atoms with Crippen molar-refractivity contribution in [1.29, 1.82) is 0 Å². The maximum Gasteiger partial charge on any atom is 0.239 e. The van der Waals surface area contributed by atoms with Crippen LogP contribution in [0.4, 0.5) is 11.4 Å². The third-order valence-electron chi connectivity index (χ3n) is 3.89. The molecule has 5 heteroatoms. The zero-order chi connectivity index (χ0) is 18.1. The normalized spacial score (nSPS) is 11.4. The second kappa shape index (κ2) is 9.47. The molecule has 2 rings (SSSR count). The second-order valence-electron chi connectivity index (χ2n) is 5.77. The quantitative estimate of drug-likeness (QED) is 0.686. The summed E-state index contributed by atoms with van der Waals surface area (Å²) in [6, 6.07) is 17.3. The van der Waals surface area contributed by atoms with Crippen molar-refractivity contribution >= 4 is 23.2 Å². The fraction of sp³-hybridized carbons (Fsp3) is 0.300. The minimum absolute atomic E-state index is 0.0159. The fourth-order valence-electron chi connectivity index (χ4n) is 2.45. The van der Waals surface area contributed by atoms with E-state index in [0.717, 1.165) is 23.4 Å². The van der Waals surface area contributed by atoms with E-state index in [1.165, 1.54) is 0 Å². The van der Waals surface area contributed by atoms with Crippen LogP contribution in [-0.2, 0) is 9.59 Å². The molecule has 1 unspecified atom stereocenters. The van der Waals surface area contributed by atoms with Crippen LogP contribution in [-0.4, -0.2) is 18.4 Å². The standard InChI is InChI=1S/C20H25N3O2/c1-3-18(15-8-6-5-7-9-15)23-20(25)14-21-16-10-12-17(13-11-16)22-19(24)4-2/h5-13,18,21H,3-4,14H2,1-2H3,(H,22,24)(H,23,25). The van der Waals surface area contributed by atoms with Crippen molar-refractivity contribution in [2.75, 3.05) is 17.2 Å². The molecule has 2 aromatic rings. The molecule has 0 aliphatic rings. The number of carbonyl (C=O) groups excluding carboxylic acids is 2. The Morgan fingerprint density at radius 1 is 0.880 bits per heavy atom. The summed E-state index contributed by atoms with van der Waals surface area (Å²) in [4.78, 5) is 23.5. The highest BCUT2D eigenvalue weighted by Crippen LogP contribution is 2.16. The molecule has 2 amide bonds. The average Bonchev–Trinajstić information content (AvgIpc) is 2.66. The van der Waals surface area contributed by atoms with Gasteiger partial charge in [-0.15, -0.1) is 0 Å². The molecule has 3 N–H and O–H groups in total. The first-order valence-corrected chi connectivity index (χ1v) is 8.60. The van der Waals surface area contributed by atoms with E-state index in [-0.39, 0.29) is 24.4 Å². The number of anilines is 2. The Labute approximate surface area is 148 Å². The molecule has 0 aromatic heterocycles. The molecule has 0 bridgehead atoms. The summed E-state index contributed by atoms with van der Waals surface area (Å²) >= 11 is 0. The van der Waals surface area contributed by atoms with Crippen molar-refractivity contribution in [3.63, 3.8) is 0 Å². The Kier molecular flexibility index (Phi) is 7.01. The van der Waals surface area contributed by atoms with Gasteiger partial charge in [-0.2, -0.15) is 0 Å². The number of amides is 2. The molecule has 0 saturated heterocycles. The van der Waals surface area contributed by atoms with E-state index < -0.39 is 0 Å². The molecule has 2 aromatic carbocycles. The van der Waals surface area contributed by atoms with Gasteiger partial charge in [0.05, 0.1) is 12.6 Å². The van der Waals surface area contributed by atoms with Crippen molar-refractivity contribution in [2.24, 2.45) is 0 Å². The van der Waals surface area contributed by atoms with E-state index in [4.69, 9.17) is 0 Å². The number of hydrogen-bond donors (Lipinski definition) is 3. The van der Waals surface area contributed by atoms with Gasteiger partial charge in [0.25, 0.3) is 0 Å². The van der Waals surface area contributed by atoms with Gasteiger partial charge in [-0.25, -0.2) is 0 Å². The molecular weight excluding hydrogens is 314 g/mol. The van der Waals surface area contributed by atoms with E-state index in [2.05, 4.69) is 22.9 Å².